The van der Waals surface area contributed by atoms with Crippen LogP contribution >= 0.6 is 0 Å². The molecule has 0 radical (unpaired) electrons. The second-order valence-electron chi connectivity index (χ2n) is 6.63. The summed E-state index contributed by atoms with van der Waals surface area (Å²) in [7, 11) is 0. The molecule has 1 amide bonds. The Morgan fingerprint density at radius 2 is 1.59 bits per heavy atom. The van der Waals surface area contributed by atoms with E-state index < -0.39 is 0 Å². The summed E-state index contributed by atoms with van der Waals surface area (Å²) in [5, 5.41) is 6.06. The van der Waals surface area contributed by atoms with Crippen molar-refractivity contribution in [3.05, 3.63) is 78.1 Å². The van der Waals surface area contributed by atoms with Gasteiger partial charge in [0.25, 0.3) is 5.91 Å². The van der Waals surface area contributed by atoms with Crippen molar-refractivity contribution < 1.29 is 4.79 Å². The number of rotatable bonds is 9. The van der Waals surface area contributed by atoms with Crippen LogP contribution in [0.25, 0.3) is 0 Å². The Hall–Kier alpha value is -3.41. The van der Waals surface area contributed by atoms with Gasteiger partial charge in [-0.25, -0.2) is 9.97 Å². The third kappa shape index (κ3) is 5.78. The van der Waals surface area contributed by atoms with E-state index in [9.17, 15) is 4.79 Å². The highest BCUT2D eigenvalue weighted by molar-refractivity contribution is 5.93. The van der Waals surface area contributed by atoms with Crippen LogP contribution in [0.3, 0.4) is 0 Å². The van der Waals surface area contributed by atoms with E-state index in [1.807, 2.05) is 42.5 Å². The fourth-order valence-corrected chi connectivity index (χ4v) is 3.05. The van der Waals surface area contributed by atoms with Crippen LogP contribution in [0.5, 0.6) is 0 Å². The molecule has 3 aromatic rings. The van der Waals surface area contributed by atoms with Crippen LogP contribution in [0.1, 0.15) is 29.8 Å². The van der Waals surface area contributed by atoms with Crippen molar-refractivity contribution in [2.75, 3.05) is 29.9 Å². The molecule has 0 atom stereocenters. The molecule has 0 unspecified atom stereocenters. The molecule has 29 heavy (non-hydrogen) atoms. The first-order valence-corrected chi connectivity index (χ1v) is 9.95. The van der Waals surface area contributed by atoms with Gasteiger partial charge in [0.1, 0.15) is 0 Å². The molecule has 0 aliphatic rings. The van der Waals surface area contributed by atoms with E-state index in [2.05, 4.69) is 51.5 Å². The number of benzene rings is 2. The lowest BCUT2D eigenvalue weighted by molar-refractivity contribution is 0.0953. The molecule has 3 rings (SSSR count). The number of amides is 1. The first-order valence-electron chi connectivity index (χ1n) is 9.95. The third-order valence-corrected chi connectivity index (χ3v) is 4.71. The molecular formula is C23H27N5O. The predicted molar refractivity (Wildman–Crippen MR) is 118 cm³/mol. The van der Waals surface area contributed by atoms with Crippen LogP contribution in [0.2, 0.25) is 0 Å². The number of aromatic nitrogens is 2. The quantitative estimate of drug-likeness (QED) is 0.578. The summed E-state index contributed by atoms with van der Waals surface area (Å²) < 4.78 is 0. The lowest BCUT2D eigenvalue weighted by atomic mass is 10.1. The summed E-state index contributed by atoms with van der Waals surface area (Å²) in [6.07, 6.45) is 3.87. The summed E-state index contributed by atoms with van der Waals surface area (Å²) >= 11 is 0. The van der Waals surface area contributed by atoms with Crippen molar-refractivity contribution in [1.29, 1.82) is 0 Å². The summed E-state index contributed by atoms with van der Waals surface area (Å²) in [5.74, 6) is 0.289. The molecular weight excluding hydrogens is 362 g/mol. The highest BCUT2D eigenvalue weighted by atomic mass is 16.1. The number of anilines is 3. The minimum atomic E-state index is -0.170. The fourth-order valence-electron chi connectivity index (χ4n) is 3.05. The highest BCUT2D eigenvalue weighted by Crippen LogP contribution is 2.19. The molecule has 0 aliphatic carbocycles. The van der Waals surface area contributed by atoms with E-state index in [0.717, 1.165) is 25.2 Å². The predicted octanol–water partition coefficient (Wildman–Crippen LogP) is 4.04. The molecule has 150 valence electrons. The lowest BCUT2D eigenvalue weighted by Gasteiger charge is -2.21. The summed E-state index contributed by atoms with van der Waals surface area (Å²) in [6, 6.07) is 18.2. The van der Waals surface area contributed by atoms with Crippen LogP contribution in [0, 0.1) is 0 Å². The summed E-state index contributed by atoms with van der Waals surface area (Å²) in [4.78, 5) is 23.0. The van der Waals surface area contributed by atoms with Gasteiger partial charge in [-0.15, -0.1) is 0 Å². The topological polar surface area (TPSA) is 70.2 Å². The zero-order valence-electron chi connectivity index (χ0n) is 16.9. The third-order valence-electron chi connectivity index (χ3n) is 4.71. The van der Waals surface area contributed by atoms with Crippen LogP contribution in [-0.2, 0) is 6.42 Å². The maximum atomic E-state index is 12.2. The first kappa shape index (κ1) is 20.3. The summed E-state index contributed by atoms with van der Waals surface area (Å²) in [6.45, 7) is 6.80. The van der Waals surface area contributed by atoms with Gasteiger partial charge in [-0.2, -0.15) is 0 Å². The molecule has 0 fully saturated rings. The molecule has 0 saturated heterocycles. The van der Waals surface area contributed by atoms with Crippen molar-refractivity contribution in [2.45, 2.75) is 20.3 Å². The normalized spacial score (nSPS) is 10.4. The molecule has 2 N–H and O–H groups in total. The standard InChI is InChI=1S/C23H27N5O/c1-3-28(4-2)21-12-10-20(11-13-21)27-23-25-16-19(17-26-23)22(29)24-15-14-18-8-6-5-7-9-18/h5-13,16-17H,3-4,14-15H2,1-2H3,(H,24,29)(H,25,26,27). The molecule has 0 aliphatic heterocycles. The number of nitrogens with one attached hydrogen (secondary N) is 2. The van der Waals surface area contributed by atoms with Gasteiger partial charge in [0.05, 0.1) is 5.56 Å². The maximum absolute atomic E-state index is 12.2. The first-order chi connectivity index (χ1) is 14.2. The molecule has 0 bridgehead atoms. The van der Waals surface area contributed by atoms with Crippen LogP contribution in [-0.4, -0.2) is 35.5 Å². The van der Waals surface area contributed by atoms with E-state index in [1.165, 1.54) is 23.6 Å². The smallest absolute Gasteiger partial charge is 0.254 e. The van der Waals surface area contributed by atoms with E-state index >= 15 is 0 Å². The second-order valence-corrected chi connectivity index (χ2v) is 6.63. The summed E-state index contributed by atoms with van der Waals surface area (Å²) in [5.41, 5.74) is 3.72. The molecule has 1 aromatic heterocycles. The van der Waals surface area contributed by atoms with Crippen molar-refractivity contribution >= 4 is 23.2 Å². The zero-order valence-corrected chi connectivity index (χ0v) is 16.9. The van der Waals surface area contributed by atoms with E-state index in [1.54, 1.807) is 0 Å². The molecule has 0 spiro atoms. The minimum Gasteiger partial charge on any atom is -0.372 e. The fraction of sp³-hybridized carbons (Fsp3) is 0.261. The average molecular weight is 390 g/mol. The van der Waals surface area contributed by atoms with Crippen LogP contribution in [0.4, 0.5) is 17.3 Å². The van der Waals surface area contributed by atoms with E-state index in [0.29, 0.717) is 18.1 Å². The van der Waals surface area contributed by atoms with Gasteiger partial charge in [-0.1, -0.05) is 30.3 Å². The Labute approximate surface area is 172 Å². The van der Waals surface area contributed by atoms with Crippen molar-refractivity contribution in [2.24, 2.45) is 0 Å². The number of hydrogen-bond donors (Lipinski definition) is 2. The SMILES string of the molecule is CCN(CC)c1ccc(Nc2ncc(C(=O)NCCc3ccccc3)cn2)cc1. The van der Waals surface area contributed by atoms with Crippen molar-refractivity contribution in [3.63, 3.8) is 0 Å². The number of nitrogens with zero attached hydrogens (tertiary/aromatic N) is 3. The largest absolute Gasteiger partial charge is 0.372 e. The Balaban J connectivity index is 1.52. The minimum absolute atomic E-state index is 0.170. The number of carbonyl (C=O) groups excluding carboxylic acids is 1. The van der Waals surface area contributed by atoms with Gasteiger partial charge in [-0.3, -0.25) is 4.79 Å². The number of hydrogen-bond acceptors (Lipinski definition) is 5. The Morgan fingerprint density at radius 3 is 2.21 bits per heavy atom. The van der Waals surface area contributed by atoms with Crippen molar-refractivity contribution in [3.8, 4) is 0 Å². The van der Waals surface area contributed by atoms with Crippen LogP contribution in [0.15, 0.2) is 67.0 Å². The Bertz CT molecular complexity index is 891. The maximum Gasteiger partial charge on any atom is 0.254 e. The highest BCUT2D eigenvalue weighted by Gasteiger charge is 2.07. The molecule has 6 nitrogen and oxygen atoms in total. The second kappa shape index (κ2) is 10.2. The van der Waals surface area contributed by atoms with Gasteiger partial charge >= 0.3 is 0 Å². The average Bonchev–Trinajstić information content (AvgIpc) is 2.77. The Kier molecular flexibility index (Phi) is 7.16. The van der Waals surface area contributed by atoms with E-state index in [4.69, 9.17) is 0 Å². The molecule has 2 aromatic carbocycles. The van der Waals surface area contributed by atoms with Gasteiger partial charge in [0.2, 0.25) is 5.95 Å². The Morgan fingerprint density at radius 1 is 0.931 bits per heavy atom. The monoisotopic (exact) mass is 389 g/mol. The van der Waals surface area contributed by atoms with Crippen molar-refractivity contribution in [1.82, 2.24) is 15.3 Å². The van der Waals surface area contributed by atoms with Gasteiger partial charge in [-0.05, 0) is 50.1 Å². The van der Waals surface area contributed by atoms with Gasteiger partial charge in [0.15, 0.2) is 0 Å². The molecule has 0 saturated carbocycles. The lowest BCUT2D eigenvalue weighted by Crippen LogP contribution is -2.26. The van der Waals surface area contributed by atoms with Crippen LogP contribution < -0.4 is 15.5 Å². The number of carbonyl (C=O) groups is 1. The zero-order chi connectivity index (χ0) is 20.5. The molecule has 1 heterocycles. The molecule has 6 heteroatoms. The van der Waals surface area contributed by atoms with Gasteiger partial charge in [0, 0.05) is 43.4 Å². The van der Waals surface area contributed by atoms with E-state index in [-0.39, 0.29) is 5.91 Å². The van der Waals surface area contributed by atoms with Gasteiger partial charge < -0.3 is 15.5 Å².